The Morgan fingerprint density at radius 3 is 2.72 bits per heavy atom. The van der Waals surface area contributed by atoms with Gasteiger partial charge in [-0.05, 0) is 43.2 Å². The van der Waals surface area contributed by atoms with Gasteiger partial charge < -0.3 is 10.8 Å². The second kappa shape index (κ2) is 4.71. The molecule has 1 aromatic heterocycles. The number of aliphatic hydroxyl groups is 1. The number of benzene rings is 1. The highest BCUT2D eigenvalue weighted by Crippen LogP contribution is 2.33. The maximum absolute atomic E-state index is 10.7. The molecule has 0 radical (unpaired) electrons. The highest BCUT2D eigenvalue weighted by atomic mass is 79.9. The van der Waals surface area contributed by atoms with Gasteiger partial charge in [0.05, 0.1) is 0 Å². The first-order chi connectivity index (χ1) is 8.41. The van der Waals surface area contributed by atoms with Crippen molar-refractivity contribution >= 4 is 21.7 Å². The van der Waals surface area contributed by atoms with Gasteiger partial charge in [0.15, 0.2) is 0 Å². The molecule has 0 spiro atoms. The molecule has 0 aliphatic heterocycles. The van der Waals surface area contributed by atoms with E-state index >= 15 is 0 Å². The van der Waals surface area contributed by atoms with E-state index in [1.54, 1.807) is 13.1 Å². The molecule has 1 aromatic carbocycles. The fraction of sp³-hybridized carbons (Fsp3) is 0.214. The molecule has 4 heteroatoms. The van der Waals surface area contributed by atoms with Crippen molar-refractivity contribution in [2.75, 3.05) is 5.73 Å². The van der Waals surface area contributed by atoms with Crippen molar-refractivity contribution in [3.8, 4) is 0 Å². The van der Waals surface area contributed by atoms with Gasteiger partial charge in [0, 0.05) is 16.2 Å². The highest BCUT2D eigenvalue weighted by molar-refractivity contribution is 9.10. The summed E-state index contributed by atoms with van der Waals surface area (Å²) in [7, 11) is 0. The summed E-state index contributed by atoms with van der Waals surface area (Å²) in [6, 6.07) is 9.41. The van der Waals surface area contributed by atoms with Crippen molar-refractivity contribution in [2.24, 2.45) is 0 Å². The van der Waals surface area contributed by atoms with Crippen molar-refractivity contribution in [2.45, 2.75) is 19.4 Å². The van der Waals surface area contributed by atoms with Crippen LogP contribution < -0.4 is 5.73 Å². The minimum atomic E-state index is -1.16. The van der Waals surface area contributed by atoms with Crippen LogP contribution in [0.4, 0.5) is 5.82 Å². The predicted molar refractivity (Wildman–Crippen MR) is 76.2 cm³/mol. The number of hydrogen-bond donors (Lipinski definition) is 2. The predicted octanol–water partition coefficient (Wildman–Crippen LogP) is 2.99. The lowest BCUT2D eigenvalue weighted by atomic mass is 9.88. The van der Waals surface area contributed by atoms with E-state index in [-0.39, 0.29) is 0 Å². The number of aromatic nitrogens is 1. The van der Waals surface area contributed by atoms with E-state index in [0.717, 1.165) is 15.6 Å². The number of hydrogen-bond acceptors (Lipinski definition) is 3. The molecule has 18 heavy (non-hydrogen) atoms. The molecule has 0 aliphatic carbocycles. The van der Waals surface area contributed by atoms with E-state index < -0.39 is 5.60 Å². The summed E-state index contributed by atoms with van der Waals surface area (Å²) in [4.78, 5) is 4.10. The number of pyridine rings is 1. The van der Waals surface area contributed by atoms with Crippen molar-refractivity contribution in [1.29, 1.82) is 0 Å². The summed E-state index contributed by atoms with van der Waals surface area (Å²) in [5.74, 6) is 0.352. The van der Waals surface area contributed by atoms with Crippen molar-refractivity contribution in [3.05, 3.63) is 57.7 Å². The van der Waals surface area contributed by atoms with Gasteiger partial charge in [-0.15, -0.1) is 0 Å². The van der Waals surface area contributed by atoms with Crippen molar-refractivity contribution in [3.63, 3.8) is 0 Å². The number of halogens is 1. The zero-order valence-corrected chi connectivity index (χ0v) is 11.9. The summed E-state index contributed by atoms with van der Waals surface area (Å²) in [6.45, 7) is 3.65. The third kappa shape index (κ3) is 2.40. The van der Waals surface area contributed by atoms with Crippen LogP contribution in [-0.4, -0.2) is 10.1 Å². The third-order valence-electron chi connectivity index (χ3n) is 2.97. The van der Waals surface area contributed by atoms with Crippen LogP contribution in [0, 0.1) is 6.92 Å². The second-order valence-electron chi connectivity index (χ2n) is 4.53. The van der Waals surface area contributed by atoms with Crippen LogP contribution in [0.5, 0.6) is 0 Å². The van der Waals surface area contributed by atoms with Gasteiger partial charge in [0.1, 0.15) is 11.4 Å². The largest absolute Gasteiger partial charge is 0.383 e. The standard InChI is InChI=1S/C14H15BrN2O/c1-9-6-12(13(16)17-8-9)14(2,18)10-4-3-5-11(15)7-10/h3-8,18H,1-2H3,(H2,16,17). The summed E-state index contributed by atoms with van der Waals surface area (Å²) in [5, 5.41) is 10.7. The zero-order chi connectivity index (χ0) is 13.3. The first-order valence-electron chi connectivity index (χ1n) is 5.62. The monoisotopic (exact) mass is 306 g/mol. The van der Waals surface area contributed by atoms with Crippen LogP contribution >= 0.6 is 15.9 Å². The molecule has 0 fully saturated rings. The molecule has 1 unspecified atom stereocenters. The lowest BCUT2D eigenvalue weighted by Gasteiger charge is -2.26. The fourth-order valence-corrected chi connectivity index (χ4v) is 2.32. The molecular formula is C14H15BrN2O. The Morgan fingerprint density at radius 2 is 2.06 bits per heavy atom. The van der Waals surface area contributed by atoms with Crippen LogP contribution in [0.3, 0.4) is 0 Å². The number of nitrogen functional groups attached to an aromatic ring is 1. The molecule has 94 valence electrons. The van der Waals surface area contributed by atoms with Crippen LogP contribution in [0.1, 0.15) is 23.6 Å². The topological polar surface area (TPSA) is 59.1 Å². The van der Waals surface area contributed by atoms with E-state index in [1.807, 2.05) is 37.3 Å². The summed E-state index contributed by atoms with van der Waals surface area (Å²) in [5.41, 5.74) is 7.08. The van der Waals surface area contributed by atoms with Crippen molar-refractivity contribution < 1.29 is 5.11 Å². The number of rotatable bonds is 2. The van der Waals surface area contributed by atoms with E-state index in [1.165, 1.54) is 0 Å². The molecule has 3 N–H and O–H groups in total. The lowest BCUT2D eigenvalue weighted by molar-refractivity contribution is 0.103. The average Bonchev–Trinajstić information content (AvgIpc) is 2.32. The van der Waals surface area contributed by atoms with Crippen LogP contribution in [0.2, 0.25) is 0 Å². The maximum atomic E-state index is 10.7. The Balaban J connectivity index is 2.57. The molecule has 1 atom stereocenters. The van der Waals surface area contributed by atoms with Gasteiger partial charge in [-0.1, -0.05) is 28.1 Å². The molecule has 0 saturated carbocycles. The van der Waals surface area contributed by atoms with E-state index in [2.05, 4.69) is 20.9 Å². The molecule has 2 rings (SSSR count). The lowest BCUT2D eigenvalue weighted by Crippen LogP contribution is -2.25. The molecule has 0 amide bonds. The van der Waals surface area contributed by atoms with Gasteiger partial charge in [-0.2, -0.15) is 0 Å². The molecule has 2 aromatic rings. The van der Waals surface area contributed by atoms with E-state index in [4.69, 9.17) is 5.73 Å². The Kier molecular flexibility index (Phi) is 3.41. The van der Waals surface area contributed by atoms with Gasteiger partial charge >= 0.3 is 0 Å². The maximum Gasteiger partial charge on any atom is 0.129 e. The van der Waals surface area contributed by atoms with E-state index in [0.29, 0.717) is 11.4 Å². The Hall–Kier alpha value is -1.39. The zero-order valence-electron chi connectivity index (χ0n) is 10.3. The summed E-state index contributed by atoms with van der Waals surface area (Å²) < 4.78 is 0.916. The number of nitrogens with two attached hydrogens (primary N) is 1. The highest BCUT2D eigenvalue weighted by Gasteiger charge is 2.28. The Bertz CT molecular complexity index is 582. The fourth-order valence-electron chi connectivity index (χ4n) is 1.92. The van der Waals surface area contributed by atoms with Gasteiger partial charge in [0.25, 0.3) is 0 Å². The summed E-state index contributed by atoms with van der Waals surface area (Å²) in [6.07, 6.45) is 1.69. The van der Waals surface area contributed by atoms with Gasteiger partial charge in [-0.25, -0.2) is 4.98 Å². The first kappa shape index (κ1) is 13.1. The van der Waals surface area contributed by atoms with Crippen LogP contribution in [0.25, 0.3) is 0 Å². The van der Waals surface area contributed by atoms with Crippen LogP contribution in [0.15, 0.2) is 41.0 Å². The van der Waals surface area contributed by atoms with Crippen molar-refractivity contribution in [1.82, 2.24) is 4.98 Å². The molecular weight excluding hydrogens is 292 g/mol. The summed E-state index contributed by atoms with van der Waals surface area (Å²) >= 11 is 3.40. The Labute approximate surface area is 115 Å². The molecule has 3 nitrogen and oxygen atoms in total. The number of aryl methyl sites for hydroxylation is 1. The minimum Gasteiger partial charge on any atom is -0.383 e. The first-order valence-corrected chi connectivity index (χ1v) is 6.41. The third-order valence-corrected chi connectivity index (χ3v) is 3.46. The SMILES string of the molecule is Cc1cnc(N)c(C(C)(O)c2cccc(Br)c2)c1. The molecule has 0 bridgehead atoms. The molecule has 0 aliphatic rings. The van der Waals surface area contributed by atoms with E-state index in [9.17, 15) is 5.11 Å². The normalized spacial score (nSPS) is 14.2. The molecule has 0 saturated heterocycles. The quantitative estimate of drug-likeness (QED) is 0.896. The number of nitrogens with zero attached hydrogens (tertiary/aromatic N) is 1. The van der Waals surface area contributed by atoms with Crippen LogP contribution in [-0.2, 0) is 5.60 Å². The number of anilines is 1. The molecule has 1 heterocycles. The second-order valence-corrected chi connectivity index (χ2v) is 5.44. The minimum absolute atomic E-state index is 0.352. The Morgan fingerprint density at radius 1 is 1.33 bits per heavy atom. The van der Waals surface area contributed by atoms with Gasteiger partial charge in [-0.3, -0.25) is 0 Å². The smallest absolute Gasteiger partial charge is 0.129 e. The van der Waals surface area contributed by atoms with Gasteiger partial charge in [0.2, 0.25) is 0 Å². The average molecular weight is 307 g/mol.